The zero-order chi connectivity index (χ0) is 31.0. The highest BCUT2D eigenvalue weighted by Gasteiger charge is 2.75. The second-order valence-electron chi connectivity index (χ2n) is 13.2. The lowest BCUT2D eigenvalue weighted by Crippen LogP contribution is -2.66. The fourth-order valence-electron chi connectivity index (χ4n) is 8.94. The van der Waals surface area contributed by atoms with Gasteiger partial charge in [-0.05, 0) is 73.0 Å². The minimum atomic E-state index is -1.43. The van der Waals surface area contributed by atoms with Crippen molar-refractivity contribution in [2.75, 3.05) is 0 Å². The maximum absolute atomic E-state index is 11.0. The first-order valence-corrected chi connectivity index (χ1v) is 15.2. The molecule has 0 saturated heterocycles. The van der Waals surface area contributed by atoms with E-state index >= 15 is 0 Å². The van der Waals surface area contributed by atoms with E-state index < -0.39 is 34.5 Å². The first kappa shape index (κ1) is 27.7. The van der Waals surface area contributed by atoms with Gasteiger partial charge in [0.1, 0.15) is 0 Å². The molecule has 0 aromatic heterocycles. The third-order valence-corrected chi connectivity index (χ3v) is 10.9. The number of hydrogen-bond acceptors (Lipinski definition) is 4. The van der Waals surface area contributed by atoms with Crippen molar-refractivity contribution >= 4 is 11.1 Å². The molecule has 4 unspecified atom stereocenters. The van der Waals surface area contributed by atoms with Crippen LogP contribution < -0.4 is 0 Å². The van der Waals surface area contributed by atoms with Crippen LogP contribution in [0.2, 0.25) is 0 Å². The summed E-state index contributed by atoms with van der Waals surface area (Å²) in [5, 5.41) is 44.1. The van der Waals surface area contributed by atoms with E-state index in [9.17, 15) is 21.0 Å². The SMILES string of the molecule is CC1=CC2C(=C(c3ccc(C)cc3)C3C4C(c5ccc(C)cc5)=C5C=CC(C)=CC5C(C#N)(C#N)[C@H]4[C@@H]3C2(C#N)C#N)C=C1. The summed E-state index contributed by atoms with van der Waals surface area (Å²) in [4.78, 5) is 0. The van der Waals surface area contributed by atoms with Crippen LogP contribution >= 0.6 is 0 Å². The smallest absolute Gasteiger partial charge is 0.157 e. The van der Waals surface area contributed by atoms with E-state index in [0.29, 0.717) is 0 Å². The van der Waals surface area contributed by atoms with Crippen LogP contribution in [-0.2, 0) is 0 Å². The van der Waals surface area contributed by atoms with Gasteiger partial charge in [-0.2, -0.15) is 21.0 Å². The Hall–Kier alpha value is -5.16. The zero-order valence-corrected chi connectivity index (χ0v) is 25.3. The number of allylic oxidation sites excluding steroid dienone is 12. The molecule has 1 fully saturated rings. The normalized spacial score (nSPS) is 30.0. The Bertz CT molecular complexity index is 1790. The molecule has 7 rings (SSSR count). The predicted octanol–water partition coefficient (Wildman–Crippen LogP) is 8.35. The van der Waals surface area contributed by atoms with E-state index in [0.717, 1.165) is 55.7 Å². The van der Waals surface area contributed by atoms with Gasteiger partial charge in [0.05, 0.1) is 24.3 Å². The summed E-state index contributed by atoms with van der Waals surface area (Å²) in [6, 6.07) is 27.1. The van der Waals surface area contributed by atoms with Gasteiger partial charge in [0.2, 0.25) is 0 Å². The summed E-state index contributed by atoms with van der Waals surface area (Å²) in [6.45, 7) is 8.12. The molecule has 44 heavy (non-hydrogen) atoms. The number of fused-ring (bicyclic) bond motifs is 6. The van der Waals surface area contributed by atoms with Gasteiger partial charge in [-0.15, -0.1) is 0 Å². The maximum atomic E-state index is 11.0. The van der Waals surface area contributed by atoms with Crippen LogP contribution in [0.25, 0.3) is 11.1 Å². The van der Waals surface area contributed by atoms with Gasteiger partial charge >= 0.3 is 0 Å². The molecule has 212 valence electrons. The van der Waals surface area contributed by atoms with Crippen LogP contribution in [0.4, 0.5) is 0 Å². The number of nitrogens with zero attached hydrogens (tertiary/aromatic N) is 4. The van der Waals surface area contributed by atoms with E-state index in [1.165, 1.54) is 0 Å². The molecule has 0 radical (unpaired) electrons. The lowest BCUT2D eigenvalue weighted by Gasteiger charge is -2.67. The fourth-order valence-corrected chi connectivity index (χ4v) is 8.94. The van der Waals surface area contributed by atoms with E-state index in [1.807, 2.05) is 13.8 Å². The minimum absolute atomic E-state index is 0.226. The van der Waals surface area contributed by atoms with Gasteiger partial charge in [-0.25, -0.2) is 0 Å². The molecule has 5 aliphatic carbocycles. The highest BCUT2D eigenvalue weighted by molar-refractivity contribution is 5.86. The van der Waals surface area contributed by atoms with Crippen molar-refractivity contribution in [1.29, 1.82) is 21.0 Å². The molecule has 0 spiro atoms. The van der Waals surface area contributed by atoms with Gasteiger partial charge in [-0.1, -0.05) is 107 Å². The summed E-state index contributed by atoms with van der Waals surface area (Å²) in [6.07, 6.45) is 12.4. The fraction of sp³-hybridized carbons (Fsp3) is 0.300. The molecule has 6 atom stereocenters. The third-order valence-electron chi connectivity index (χ3n) is 10.9. The Morgan fingerprint density at radius 3 is 1.16 bits per heavy atom. The molecule has 0 aliphatic heterocycles. The van der Waals surface area contributed by atoms with Crippen LogP contribution in [0.15, 0.2) is 107 Å². The van der Waals surface area contributed by atoms with Crippen LogP contribution in [-0.4, -0.2) is 0 Å². The maximum Gasteiger partial charge on any atom is 0.157 e. The molecule has 5 aliphatic rings. The third kappa shape index (κ3) is 3.47. The second kappa shape index (κ2) is 9.68. The Balaban J connectivity index is 1.61. The van der Waals surface area contributed by atoms with Gasteiger partial charge < -0.3 is 0 Å². The first-order chi connectivity index (χ1) is 21.2. The summed E-state index contributed by atoms with van der Waals surface area (Å²) >= 11 is 0. The second-order valence-corrected chi connectivity index (χ2v) is 13.2. The molecule has 0 heterocycles. The molecule has 0 bridgehead atoms. The van der Waals surface area contributed by atoms with Crippen molar-refractivity contribution in [2.24, 2.45) is 46.3 Å². The van der Waals surface area contributed by atoms with Gasteiger partial charge in [0.25, 0.3) is 0 Å². The van der Waals surface area contributed by atoms with Crippen LogP contribution in [0, 0.1) is 106 Å². The van der Waals surface area contributed by atoms with Crippen LogP contribution in [0.3, 0.4) is 0 Å². The molecule has 2 aromatic rings. The summed E-state index contributed by atoms with van der Waals surface area (Å²) < 4.78 is 0. The van der Waals surface area contributed by atoms with E-state index in [1.54, 1.807) is 0 Å². The monoisotopic (exact) mass is 568 g/mol. The predicted molar refractivity (Wildman–Crippen MR) is 170 cm³/mol. The standard InChI is InChI=1S/C40H32N4/c1-23-5-11-27(12-6-23)33-29-15-9-25(3)17-31(29)39(19-41,20-42)37-35(33)36-34(28-13-7-24(2)8-14-28)30-16-10-26(4)18-32(30)40(21-43,22-44)38(36)37/h5-18,31-32,35-38H,1-4H3/t31?,32?,35?,36?,37-,38-/m1/s1. The summed E-state index contributed by atoms with van der Waals surface area (Å²) in [5.41, 5.74) is 7.81. The lowest BCUT2D eigenvalue weighted by molar-refractivity contribution is -0.0786. The minimum Gasteiger partial charge on any atom is -0.197 e. The number of nitriles is 4. The van der Waals surface area contributed by atoms with Gasteiger partial charge in [0.15, 0.2) is 10.8 Å². The molecule has 4 nitrogen and oxygen atoms in total. The lowest BCUT2D eigenvalue weighted by atomic mass is 9.32. The van der Waals surface area contributed by atoms with Crippen LogP contribution in [0.1, 0.15) is 36.1 Å². The van der Waals surface area contributed by atoms with Gasteiger partial charge in [0, 0.05) is 23.7 Å². The van der Waals surface area contributed by atoms with Gasteiger partial charge in [-0.3, -0.25) is 0 Å². The van der Waals surface area contributed by atoms with Crippen molar-refractivity contribution in [3.05, 3.63) is 130 Å². The average molecular weight is 569 g/mol. The highest BCUT2D eigenvalue weighted by Crippen LogP contribution is 2.76. The zero-order valence-electron chi connectivity index (χ0n) is 25.3. The molecular formula is C40H32N4. The molecule has 4 heteroatoms. The quantitative estimate of drug-likeness (QED) is 0.364. The molecule has 0 amide bonds. The molecule has 1 saturated carbocycles. The molecule has 0 N–H and O–H groups in total. The number of benzene rings is 2. The van der Waals surface area contributed by atoms with Crippen molar-refractivity contribution < 1.29 is 0 Å². The van der Waals surface area contributed by atoms with Crippen molar-refractivity contribution in [3.63, 3.8) is 0 Å². The Labute approximate surface area is 259 Å². The Morgan fingerprint density at radius 2 is 0.841 bits per heavy atom. The molecule has 2 aromatic carbocycles. The van der Waals surface area contributed by atoms with Crippen molar-refractivity contribution in [3.8, 4) is 24.3 Å². The van der Waals surface area contributed by atoms with E-state index in [-0.39, 0.29) is 11.8 Å². The largest absolute Gasteiger partial charge is 0.197 e. The number of hydrogen-bond donors (Lipinski definition) is 0. The first-order valence-electron chi connectivity index (χ1n) is 15.2. The number of aryl methyl sites for hydroxylation is 2. The Kier molecular flexibility index (Phi) is 6.08. The Morgan fingerprint density at radius 1 is 0.500 bits per heavy atom. The average Bonchev–Trinajstić information content (AvgIpc) is 3.03. The summed E-state index contributed by atoms with van der Waals surface area (Å²) in [7, 11) is 0. The number of rotatable bonds is 2. The van der Waals surface area contributed by atoms with E-state index in [4.69, 9.17) is 0 Å². The topological polar surface area (TPSA) is 95.2 Å². The highest BCUT2D eigenvalue weighted by atomic mass is 14.7. The van der Waals surface area contributed by atoms with E-state index in [2.05, 4.69) is 123 Å². The van der Waals surface area contributed by atoms with Crippen molar-refractivity contribution in [2.45, 2.75) is 27.7 Å². The van der Waals surface area contributed by atoms with Crippen LogP contribution in [0.5, 0.6) is 0 Å². The van der Waals surface area contributed by atoms with Crippen molar-refractivity contribution in [1.82, 2.24) is 0 Å². The summed E-state index contributed by atoms with van der Waals surface area (Å²) in [5.74, 6) is -2.40. The molecular weight excluding hydrogens is 536 g/mol.